The van der Waals surface area contributed by atoms with Crippen LogP contribution >= 0.6 is 0 Å². The molecule has 0 amide bonds. The van der Waals surface area contributed by atoms with Gasteiger partial charge in [0.05, 0.1) is 6.10 Å². The highest BCUT2D eigenvalue weighted by Crippen LogP contribution is 2.43. The first kappa shape index (κ1) is 20.2. The Morgan fingerprint density at radius 2 is 1.79 bits per heavy atom. The number of alkyl halides is 3. The summed E-state index contributed by atoms with van der Waals surface area (Å²) >= 11 is 0. The lowest BCUT2D eigenvalue weighted by atomic mass is 9.92. The van der Waals surface area contributed by atoms with Gasteiger partial charge in [0.1, 0.15) is 0 Å². The fourth-order valence-electron chi connectivity index (χ4n) is 2.32. The van der Waals surface area contributed by atoms with E-state index in [1.165, 1.54) is 24.3 Å². The number of rotatable bonds is 7. The Balaban J connectivity index is 3.04. The molecule has 2 atom stereocenters. The van der Waals surface area contributed by atoms with Gasteiger partial charge in [-0.2, -0.15) is 13.2 Å². The molecule has 0 radical (unpaired) electrons. The van der Waals surface area contributed by atoms with E-state index in [2.05, 4.69) is 4.74 Å². The molecule has 0 saturated heterocycles. The summed E-state index contributed by atoms with van der Waals surface area (Å²) in [6.07, 6.45) is -2.61. The summed E-state index contributed by atoms with van der Waals surface area (Å²) in [6, 6.07) is 6.80. The first-order chi connectivity index (χ1) is 11.1. The number of methoxy groups -OCH3 is 1. The van der Waals surface area contributed by atoms with Gasteiger partial charge >= 0.3 is 12.1 Å². The molecule has 0 bridgehead atoms. The Bertz CT molecular complexity index is 563. The molecule has 3 nitrogen and oxygen atoms in total. The number of carbonyl (C=O) groups excluding carboxylic acids is 1. The van der Waals surface area contributed by atoms with E-state index in [1.54, 1.807) is 13.0 Å². The molecule has 0 aliphatic heterocycles. The maximum Gasteiger partial charge on any atom is 0.432 e. The lowest BCUT2D eigenvalue weighted by Crippen LogP contribution is -2.52. The molecule has 0 spiro atoms. The van der Waals surface area contributed by atoms with Crippen LogP contribution in [0.1, 0.15) is 39.2 Å². The van der Waals surface area contributed by atoms with Crippen molar-refractivity contribution in [2.75, 3.05) is 7.11 Å². The van der Waals surface area contributed by atoms with Crippen molar-refractivity contribution in [2.45, 2.75) is 51.5 Å². The number of hydrogen-bond acceptors (Lipinski definition) is 3. The number of hydrogen-bond donors (Lipinski definition) is 0. The van der Waals surface area contributed by atoms with Crippen molar-refractivity contribution in [1.82, 2.24) is 0 Å². The summed E-state index contributed by atoms with van der Waals surface area (Å²) in [6.45, 7) is 5.41. The highest BCUT2D eigenvalue weighted by Gasteiger charge is 2.64. The molecule has 1 rings (SSSR count). The summed E-state index contributed by atoms with van der Waals surface area (Å²) in [4.78, 5) is 12.4. The Labute approximate surface area is 140 Å². The van der Waals surface area contributed by atoms with Gasteiger partial charge in [-0.15, -0.1) is 0 Å². The monoisotopic (exact) mass is 344 g/mol. The molecule has 0 unspecified atom stereocenters. The Kier molecular flexibility index (Phi) is 7.02. The molecule has 0 fully saturated rings. The zero-order chi connectivity index (χ0) is 18.4. The van der Waals surface area contributed by atoms with Crippen LogP contribution in [-0.4, -0.2) is 25.4 Å². The van der Waals surface area contributed by atoms with Crippen molar-refractivity contribution in [3.63, 3.8) is 0 Å². The first-order valence-corrected chi connectivity index (χ1v) is 7.67. The molecule has 0 aromatic heterocycles. The van der Waals surface area contributed by atoms with Gasteiger partial charge in [0.15, 0.2) is 0 Å². The molecule has 24 heavy (non-hydrogen) atoms. The lowest BCUT2D eigenvalue weighted by Gasteiger charge is -2.33. The summed E-state index contributed by atoms with van der Waals surface area (Å²) in [5.41, 5.74) is -2.33. The average molecular weight is 344 g/mol. The van der Waals surface area contributed by atoms with Gasteiger partial charge in [0.2, 0.25) is 0 Å². The van der Waals surface area contributed by atoms with E-state index in [0.29, 0.717) is 12.8 Å². The summed E-state index contributed by atoms with van der Waals surface area (Å²) in [7, 11) is 0.857. The molecule has 134 valence electrons. The van der Waals surface area contributed by atoms with Gasteiger partial charge in [0, 0.05) is 12.7 Å². The van der Waals surface area contributed by atoms with E-state index in [9.17, 15) is 18.0 Å². The molecular formula is C18H23F3O3. The molecule has 0 saturated carbocycles. The van der Waals surface area contributed by atoms with E-state index in [4.69, 9.17) is 4.74 Å². The van der Waals surface area contributed by atoms with Crippen LogP contribution in [0.5, 0.6) is 0 Å². The first-order valence-electron chi connectivity index (χ1n) is 7.67. The minimum absolute atomic E-state index is 0.304. The molecular weight excluding hydrogens is 321 g/mol. The van der Waals surface area contributed by atoms with E-state index < -0.39 is 23.9 Å². The van der Waals surface area contributed by atoms with Gasteiger partial charge in [-0.05, 0) is 33.6 Å². The van der Waals surface area contributed by atoms with Crippen molar-refractivity contribution in [1.29, 1.82) is 0 Å². The van der Waals surface area contributed by atoms with Gasteiger partial charge in [-0.25, -0.2) is 4.79 Å². The van der Waals surface area contributed by atoms with Gasteiger partial charge < -0.3 is 9.47 Å². The highest BCUT2D eigenvalue weighted by molar-refractivity contribution is 5.82. The summed E-state index contributed by atoms with van der Waals surface area (Å²) in [5, 5.41) is 0. The second-order valence-corrected chi connectivity index (χ2v) is 5.82. The number of esters is 1. The maximum absolute atomic E-state index is 13.7. The van der Waals surface area contributed by atoms with Crippen LogP contribution in [0, 0.1) is 0 Å². The van der Waals surface area contributed by atoms with Crippen LogP contribution < -0.4 is 0 Å². The number of halogens is 3. The van der Waals surface area contributed by atoms with Gasteiger partial charge in [-0.1, -0.05) is 42.0 Å². The Morgan fingerprint density at radius 1 is 1.21 bits per heavy atom. The lowest BCUT2D eigenvalue weighted by molar-refractivity contribution is -0.278. The molecule has 1 aromatic rings. The van der Waals surface area contributed by atoms with Crippen LogP contribution in [0.4, 0.5) is 13.2 Å². The van der Waals surface area contributed by atoms with E-state index >= 15 is 0 Å². The third-order valence-corrected chi connectivity index (χ3v) is 3.61. The van der Waals surface area contributed by atoms with Crippen molar-refractivity contribution in [2.24, 2.45) is 0 Å². The Morgan fingerprint density at radius 3 is 2.25 bits per heavy atom. The van der Waals surface area contributed by atoms with Crippen molar-refractivity contribution in [3.05, 3.63) is 47.5 Å². The largest absolute Gasteiger partial charge is 0.460 e. The summed E-state index contributed by atoms with van der Waals surface area (Å²) in [5.74, 6) is -1.45. The molecule has 1 aromatic carbocycles. The van der Waals surface area contributed by atoms with Crippen LogP contribution in [0.3, 0.4) is 0 Å². The average Bonchev–Trinajstić information content (AvgIpc) is 2.47. The third kappa shape index (κ3) is 4.60. The van der Waals surface area contributed by atoms with E-state index in [-0.39, 0.29) is 5.56 Å². The molecule has 0 aliphatic rings. The quantitative estimate of drug-likeness (QED) is 0.528. The van der Waals surface area contributed by atoms with Crippen molar-refractivity contribution in [3.8, 4) is 0 Å². The van der Waals surface area contributed by atoms with Crippen molar-refractivity contribution >= 4 is 5.97 Å². The minimum atomic E-state index is -4.94. The fraction of sp³-hybridized carbons (Fsp3) is 0.500. The number of benzene rings is 1. The number of carbonyl (C=O) groups is 1. The van der Waals surface area contributed by atoms with Gasteiger partial charge in [-0.3, -0.25) is 0 Å². The van der Waals surface area contributed by atoms with Crippen LogP contribution in [-0.2, 0) is 19.9 Å². The van der Waals surface area contributed by atoms with E-state index in [1.807, 2.05) is 19.9 Å². The molecule has 6 heteroatoms. The summed E-state index contributed by atoms with van der Waals surface area (Å²) < 4.78 is 50.8. The number of allylic oxidation sites excluding steroid dienone is 2. The molecule has 0 heterocycles. The Hall–Kier alpha value is -1.82. The maximum atomic E-state index is 13.7. The zero-order valence-corrected chi connectivity index (χ0v) is 14.3. The molecule has 0 aliphatic carbocycles. The standard InChI is InChI=1S/C18H23F3O3/c1-13(2)9-8-10-14(3)24-16(22)17(23-4,18(19,20)21)15-11-6-5-7-12-15/h5-7,9,11-12,14H,8,10H2,1-4H3/t14-,17+/m0/s1. The van der Waals surface area contributed by atoms with E-state index in [0.717, 1.165) is 12.7 Å². The normalized spacial score (nSPS) is 15.3. The van der Waals surface area contributed by atoms with Gasteiger partial charge in [0.25, 0.3) is 5.60 Å². The third-order valence-electron chi connectivity index (χ3n) is 3.61. The van der Waals surface area contributed by atoms with Crippen LogP contribution in [0.2, 0.25) is 0 Å². The number of ether oxygens (including phenoxy) is 2. The second kappa shape index (κ2) is 8.33. The molecule has 0 N–H and O–H groups in total. The zero-order valence-electron chi connectivity index (χ0n) is 14.3. The van der Waals surface area contributed by atoms with Crippen LogP contribution in [0.25, 0.3) is 0 Å². The smallest absolute Gasteiger partial charge is 0.432 e. The fourth-order valence-corrected chi connectivity index (χ4v) is 2.32. The highest BCUT2D eigenvalue weighted by atomic mass is 19.4. The van der Waals surface area contributed by atoms with Crippen molar-refractivity contribution < 1.29 is 27.4 Å². The minimum Gasteiger partial charge on any atom is -0.460 e. The van der Waals surface area contributed by atoms with Crippen LogP contribution in [0.15, 0.2) is 42.0 Å². The predicted molar refractivity (Wildman–Crippen MR) is 85.4 cm³/mol. The SMILES string of the molecule is CO[C@@](C(=O)O[C@@H](C)CCC=C(C)C)(c1ccccc1)C(F)(F)F. The topological polar surface area (TPSA) is 35.5 Å². The second-order valence-electron chi connectivity index (χ2n) is 5.82. The predicted octanol–water partition coefficient (Wildman–Crippen LogP) is 4.77.